The van der Waals surface area contributed by atoms with Crippen LogP contribution in [0, 0.1) is 0 Å². The minimum atomic E-state index is -0.692. The molecule has 1 aromatic carbocycles. The molecule has 2 heterocycles. The van der Waals surface area contributed by atoms with Gasteiger partial charge in [-0.2, -0.15) is 5.10 Å². The monoisotopic (exact) mass is 357 g/mol. The fourth-order valence-electron chi connectivity index (χ4n) is 2.32. The molecule has 134 valence electrons. The Balaban J connectivity index is 1.62. The van der Waals surface area contributed by atoms with E-state index in [0.29, 0.717) is 11.4 Å². The van der Waals surface area contributed by atoms with Crippen LogP contribution in [0.3, 0.4) is 0 Å². The van der Waals surface area contributed by atoms with Crippen LogP contribution in [0.4, 0.5) is 5.69 Å². The van der Waals surface area contributed by atoms with Crippen molar-refractivity contribution in [1.29, 1.82) is 0 Å². The normalized spacial score (nSPS) is 12.8. The molecule has 2 aromatic rings. The fraction of sp³-hybridized carbons (Fsp3) is 0.188. The lowest BCUT2D eigenvalue weighted by atomic mass is 10.2. The number of hydrogen-bond acceptors (Lipinski definition) is 6. The maximum Gasteiger partial charge on any atom is 0.290 e. The van der Waals surface area contributed by atoms with Crippen molar-refractivity contribution in [2.24, 2.45) is 7.05 Å². The summed E-state index contributed by atoms with van der Waals surface area (Å²) >= 11 is 0. The summed E-state index contributed by atoms with van der Waals surface area (Å²) in [4.78, 5) is 48.6. The fourth-order valence-corrected chi connectivity index (χ4v) is 2.32. The summed E-state index contributed by atoms with van der Waals surface area (Å²) in [5.41, 5.74) is 4.47. The number of para-hydroxylation sites is 2. The topological polar surface area (TPSA) is 123 Å². The molecule has 0 saturated heterocycles. The van der Waals surface area contributed by atoms with Crippen LogP contribution in [-0.4, -0.2) is 40.7 Å². The molecule has 0 aliphatic carbocycles. The molecule has 0 spiro atoms. The molecule has 1 aliphatic rings. The van der Waals surface area contributed by atoms with E-state index in [1.807, 2.05) is 0 Å². The highest BCUT2D eigenvalue weighted by atomic mass is 16.5. The highest BCUT2D eigenvalue weighted by molar-refractivity contribution is 6.02. The van der Waals surface area contributed by atoms with Crippen LogP contribution < -0.4 is 26.0 Å². The molecule has 10 heteroatoms. The van der Waals surface area contributed by atoms with E-state index in [2.05, 4.69) is 16.0 Å². The molecule has 3 amide bonds. The Kier molecular flexibility index (Phi) is 4.65. The Morgan fingerprint density at radius 2 is 1.92 bits per heavy atom. The molecule has 2 N–H and O–H groups in total. The molecule has 1 aliphatic heterocycles. The van der Waals surface area contributed by atoms with Crippen molar-refractivity contribution >= 4 is 23.4 Å². The first-order valence-electron chi connectivity index (χ1n) is 7.61. The minimum Gasteiger partial charge on any atom is -0.482 e. The van der Waals surface area contributed by atoms with E-state index in [0.717, 1.165) is 4.68 Å². The molecule has 0 bridgehead atoms. The maximum absolute atomic E-state index is 12.1. The number of aromatic nitrogens is 2. The first-order chi connectivity index (χ1) is 12.5. The number of aryl methyl sites for hydroxylation is 1. The van der Waals surface area contributed by atoms with E-state index in [-0.39, 0.29) is 30.3 Å². The van der Waals surface area contributed by atoms with Crippen LogP contribution in [0.2, 0.25) is 0 Å². The molecule has 3 rings (SSSR count). The van der Waals surface area contributed by atoms with Gasteiger partial charge in [-0.1, -0.05) is 12.1 Å². The van der Waals surface area contributed by atoms with Crippen molar-refractivity contribution in [1.82, 2.24) is 20.6 Å². The number of fused-ring (bicyclic) bond motifs is 1. The molecule has 1 aromatic heterocycles. The summed E-state index contributed by atoms with van der Waals surface area (Å²) < 4.78 is 6.30. The van der Waals surface area contributed by atoms with E-state index >= 15 is 0 Å². The average molecular weight is 357 g/mol. The van der Waals surface area contributed by atoms with Gasteiger partial charge in [0, 0.05) is 13.1 Å². The number of rotatable bonds is 3. The number of nitrogens with one attached hydrogen (secondary N) is 2. The summed E-state index contributed by atoms with van der Waals surface area (Å²) in [5.74, 6) is -1.17. The number of carbonyl (C=O) groups excluding carboxylic acids is 3. The van der Waals surface area contributed by atoms with Crippen molar-refractivity contribution in [3.05, 3.63) is 52.4 Å². The molecule has 0 fully saturated rings. The maximum atomic E-state index is 12.1. The summed E-state index contributed by atoms with van der Waals surface area (Å²) in [6.45, 7) is -0.460. The third kappa shape index (κ3) is 3.53. The van der Waals surface area contributed by atoms with Crippen LogP contribution in [0.5, 0.6) is 5.75 Å². The highest BCUT2D eigenvalue weighted by Crippen LogP contribution is 2.30. The van der Waals surface area contributed by atoms with Gasteiger partial charge in [-0.15, -0.1) is 0 Å². The van der Waals surface area contributed by atoms with Crippen molar-refractivity contribution in [3.8, 4) is 5.75 Å². The van der Waals surface area contributed by atoms with E-state index in [4.69, 9.17) is 4.74 Å². The Labute approximate surface area is 147 Å². The number of anilines is 1. The Hall–Kier alpha value is -3.69. The second-order valence-corrected chi connectivity index (χ2v) is 5.42. The van der Waals surface area contributed by atoms with Gasteiger partial charge in [0.2, 0.25) is 0 Å². The van der Waals surface area contributed by atoms with Crippen LogP contribution in [0.1, 0.15) is 10.5 Å². The van der Waals surface area contributed by atoms with Crippen LogP contribution >= 0.6 is 0 Å². The zero-order chi connectivity index (χ0) is 18.7. The van der Waals surface area contributed by atoms with E-state index in [9.17, 15) is 19.2 Å². The van der Waals surface area contributed by atoms with Crippen LogP contribution in [0.15, 0.2) is 41.2 Å². The molecular formula is C16H15N5O5. The van der Waals surface area contributed by atoms with Gasteiger partial charge in [0.1, 0.15) is 12.3 Å². The lowest BCUT2D eigenvalue weighted by molar-refractivity contribution is -0.125. The smallest absolute Gasteiger partial charge is 0.290 e. The second kappa shape index (κ2) is 7.05. The highest BCUT2D eigenvalue weighted by Gasteiger charge is 2.27. The number of hydrogen-bond donors (Lipinski definition) is 2. The predicted octanol–water partition coefficient (Wildman–Crippen LogP) is -1.03. The van der Waals surface area contributed by atoms with Crippen LogP contribution in [-0.2, 0) is 16.6 Å². The first kappa shape index (κ1) is 17.1. The van der Waals surface area contributed by atoms with E-state index in [1.165, 1.54) is 24.1 Å². The van der Waals surface area contributed by atoms with Gasteiger partial charge in [0.15, 0.2) is 12.3 Å². The van der Waals surface area contributed by atoms with Gasteiger partial charge in [0.25, 0.3) is 23.3 Å². The number of amides is 3. The summed E-state index contributed by atoms with van der Waals surface area (Å²) in [6, 6.07) is 9.26. The second-order valence-electron chi connectivity index (χ2n) is 5.42. The molecule has 0 saturated carbocycles. The molecule has 10 nitrogen and oxygen atoms in total. The van der Waals surface area contributed by atoms with Crippen molar-refractivity contribution < 1.29 is 19.1 Å². The summed E-state index contributed by atoms with van der Waals surface area (Å²) in [5, 5.41) is 3.77. The third-order valence-corrected chi connectivity index (χ3v) is 3.62. The Bertz CT molecular complexity index is 939. The Morgan fingerprint density at radius 3 is 2.69 bits per heavy atom. The summed E-state index contributed by atoms with van der Waals surface area (Å²) in [7, 11) is 1.40. The van der Waals surface area contributed by atoms with Gasteiger partial charge < -0.3 is 4.74 Å². The number of benzene rings is 1. The lowest BCUT2D eigenvalue weighted by Gasteiger charge is -2.28. The molecule has 26 heavy (non-hydrogen) atoms. The largest absolute Gasteiger partial charge is 0.482 e. The van der Waals surface area contributed by atoms with Gasteiger partial charge in [-0.3, -0.25) is 34.9 Å². The van der Waals surface area contributed by atoms with Gasteiger partial charge in [-0.25, -0.2) is 4.68 Å². The molecule has 0 atom stereocenters. The average Bonchev–Trinajstić information content (AvgIpc) is 2.64. The number of hydrazine groups is 1. The van der Waals surface area contributed by atoms with Crippen LogP contribution in [0.25, 0.3) is 0 Å². The molecular weight excluding hydrogens is 342 g/mol. The molecule has 0 unspecified atom stereocenters. The number of ether oxygens (including phenoxy) is 1. The van der Waals surface area contributed by atoms with Crippen molar-refractivity contribution in [3.63, 3.8) is 0 Å². The standard InChI is InChI=1S/C16H15N5O5/c1-20-14(23)7-6-10(19-20)16(25)18-17-13(22)8-21-11-4-2-3-5-12(11)26-9-15(21)24/h2-7H,8-9H2,1H3,(H,17,22)(H,18,25). The van der Waals surface area contributed by atoms with Gasteiger partial charge >= 0.3 is 0 Å². The molecule has 0 radical (unpaired) electrons. The Morgan fingerprint density at radius 1 is 1.15 bits per heavy atom. The SMILES string of the molecule is Cn1nc(C(=O)NNC(=O)CN2C(=O)COc3ccccc32)ccc1=O. The van der Waals surface area contributed by atoms with Crippen molar-refractivity contribution in [2.75, 3.05) is 18.1 Å². The number of nitrogens with zero attached hydrogens (tertiary/aromatic N) is 3. The van der Waals surface area contributed by atoms with E-state index in [1.54, 1.807) is 24.3 Å². The zero-order valence-electron chi connectivity index (χ0n) is 13.8. The van der Waals surface area contributed by atoms with E-state index < -0.39 is 11.8 Å². The third-order valence-electron chi connectivity index (χ3n) is 3.62. The van der Waals surface area contributed by atoms with Gasteiger partial charge in [0.05, 0.1) is 5.69 Å². The summed E-state index contributed by atoms with van der Waals surface area (Å²) in [6.07, 6.45) is 0. The predicted molar refractivity (Wildman–Crippen MR) is 89.4 cm³/mol. The van der Waals surface area contributed by atoms with Crippen molar-refractivity contribution in [2.45, 2.75) is 0 Å². The zero-order valence-corrected chi connectivity index (χ0v) is 13.8. The minimum absolute atomic E-state index is 0.0415. The number of carbonyl (C=O) groups is 3. The quantitative estimate of drug-likeness (QED) is 0.677. The lowest BCUT2D eigenvalue weighted by Crippen LogP contribution is -2.50. The first-order valence-corrected chi connectivity index (χ1v) is 7.61. The van der Waals surface area contributed by atoms with Gasteiger partial charge in [-0.05, 0) is 18.2 Å².